The number of hydrogen-bond acceptors (Lipinski definition) is 6. The molecule has 0 spiro atoms. The molecule has 0 aliphatic heterocycles. The van der Waals surface area contributed by atoms with Gasteiger partial charge in [-0.05, 0) is 18.6 Å². The Morgan fingerprint density at radius 1 is 1.03 bits per heavy atom. The topological polar surface area (TPSA) is 86.1 Å². The summed E-state index contributed by atoms with van der Waals surface area (Å²) in [6.07, 6.45) is 0.828. The van der Waals surface area contributed by atoms with Gasteiger partial charge in [0.1, 0.15) is 0 Å². The number of hydrogen-bond donors (Lipinski definition) is 1. The quantitative estimate of drug-likeness (QED) is 0.431. The normalized spacial score (nSPS) is 10.5. The van der Waals surface area contributed by atoms with Gasteiger partial charge in [-0.25, -0.2) is 0 Å². The molecule has 1 heterocycles. The minimum atomic E-state index is -0.481. The minimum absolute atomic E-state index is 0.0286. The Balaban J connectivity index is 1.72. The van der Waals surface area contributed by atoms with Crippen LogP contribution < -0.4 is 5.32 Å². The third kappa shape index (κ3) is 5.68. The lowest BCUT2D eigenvalue weighted by Crippen LogP contribution is -2.29. The third-order valence-electron chi connectivity index (χ3n) is 3.94. The van der Waals surface area contributed by atoms with Crippen LogP contribution in [0.2, 0.25) is 0 Å². The lowest BCUT2D eigenvalue weighted by Gasteiger charge is -2.10. The molecule has 2 aromatic carbocycles. The number of benzene rings is 2. The lowest BCUT2D eigenvalue weighted by atomic mass is 10.2. The Labute approximate surface area is 173 Å². The van der Waals surface area contributed by atoms with Crippen LogP contribution in [0.25, 0.3) is 17.1 Å². The number of para-hydroxylation sites is 1. The number of amides is 1. The fourth-order valence-corrected chi connectivity index (χ4v) is 3.32. The molecule has 8 heteroatoms. The molecule has 7 nitrogen and oxygen atoms in total. The monoisotopic (exact) mass is 410 g/mol. The van der Waals surface area contributed by atoms with Crippen LogP contribution in [-0.4, -0.2) is 45.5 Å². The zero-order valence-electron chi connectivity index (χ0n) is 16.1. The number of carbonyl (C=O) groups is 2. The summed E-state index contributed by atoms with van der Waals surface area (Å²) >= 11 is 1.22. The van der Waals surface area contributed by atoms with E-state index in [9.17, 15) is 9.59 Å². The largest absolute Gasteiger partial charge is 0.455 e. The maximum absolute atomic E-state index is 12.0. The van der Waals surface area contributed by atoms with E-state index in [1.54, 1.807) is 0 Å². The smallest absolute Gasteiger partial charge is 0.316 e. The van der Waals surface area contributed by atoms with Gasteiger partial charge in [-0.3, -0.25) is 14.2 Å². The number of nitrogens with zero attached hydrogens (tertiary/aromatic N) is 3. The molecule has 0 aliphatic rings. The highest BCUT2D eigenvalue weighted by molar-refractivity contribution is 7.99. The molecular weight excluding hydrogens is 388 g/mol. The Bertz CT molecular complexity index is 945. The van der Waals surface area contributed by atoms with Crippen molar-refractivity contribution in [2.45, 2.75) is 18.5 Å². The van der Waals surface area contributed by atoms with Crippen molar-refractivity contribution >= 4 is 23.6 Å². The number of rotatable bonds is 9. The predicted octanol–water partition coefficient (Wildman–Crippen LogP) is 3.10. The van der Waals surface area contributed by atoms with Crippen molar-refractivity contribution in [3.05, 3.63) is 60.7 Å². The highest BCUT2D eigenvalue weighted by atomic mass is 32.2. The van der Waals surface area contributed by atoms with E-state index >= 15 is 0 Å². The van der Waals surface area contributed by atoms with Gasteiger partial charge >= 0.3 is 5.97 Å². The van der Waals surface area contributed by atoms with Crippen molar-refractivity contribution in [3.63, 3.8) is 0 Å². The average Bonchev–Trinajstić information content (AvgIpc) is 3.20. The Kier molecular flexibility index (Phi) is 7.40. The van der Waals surface area contributed by atoms with Gasteiger partial charge in [-0.15, -0.1) is 10.2 Å². The third-order valence-corrected chi connectivity index (χ3v) is 4.84. The second-order valence-electron chi connectivity index (χ2n) is 6.14. The van der Waals surface area contributed by atoms with Crippen LogP contribution in [0.4, 0.5) is 0 Å². The minimum Gasteiger partial charge on any atom is -0.455 e. The number of ether oxygens (including phenoxy) is 1. The van der Waals surface area contributed by atoms with Gasteiger partial charge in [0.15, 0.2) is 17.6 Å². The second kappa shape index (κ2) is 10.4. The summed E-state index contributed by atoms with van der Waals surface area (Å²) in [6.45, 7) is 2.24. The molecule has 1 amide bonds. The first kappa shape index (κ1) is 20.6. The molecule has 0 unspecified atom stereocenters. The Hall–Kier alpha value is -3.13. The fourth-order valence-electron chi connectivity index (χ4n) is 2.57. The number of nitrogens with one attached hydrogen (secondary N) is 1. The van der Waals surface area contributed by atoms with E-state index in [2.05, 4.69) is 15.5 Å². The van der Waals surface area contributed by atoms with Crippen molar-refractivity contribution in [3.8, 4) is 17.1 Å². The molecule has 0 bridgehead atoms. The van der Waals surface area contributed by atoms with E-state index < -0.39 is 5.97 Å². The lowest BCUT2D eigenvalue weighted by molar-refractivity contribution is -0.145. The van der Waals surface area contributed by atoms with Crippen LogP contribution in [0.15, 0.2) is 65.8 Å². The average molecular weight is 410 g/mol. The van der Waals surface area contributed by atoms with Gasteiger partial charge in [0.05, 0.1) is 5.75 Å². The van der Waals surface area contributed by atoms with Crippen LogP contribution >= 0.6 is 11.8 Å². The number of carbonyl (C=O) groups excluding carboxylic acids is 2. The van der Waals surface area contributed by atoms with E-state index in [0.29, 0.717) is 17.5 Å². The van der Waals surface area contributed by atoms with Crippen molar-refractivity contribution in [1.82, 2.24) is 20.1 Å². The molecule has 3 aromatic rings. The van der Waals surface area contributed by atoms with E-state index in [1.807, 2.05) is 72.2 Å². The molecular formula is C21H22N4O3S. The summed E-state index contributed by atoms with van der Waals surface area (Å²) in [5.41, 5.74) is 1.82. The molecule has 150 valence electrons. The van der Waals surface area contributed by atoms with Crippen molar-refractivity contribution < 1.29 is 14.3 Å². The van der Waals surface area contributed by atoms with Crippen LogP contribution in [0.1, 0.15) is 13.3 Å². The first-order valence-corrected chi connectivity index (χ1v) is 10.3. The number of thioether (sulfide) groups is 1. The molecule has 0 fully saturated rings. The van der Waals surface area contributed by atoms with Gasteiger partial charge in [0.2, 0.25) is 0 Å². The standard InChI is InChI=1S/C21H22N4O3S/c1-2-13-22-18(26)14-28-19(27)15-29-21-24-23-20(16-9-5-3-6-10-16)25(21)17-11-7-4-8-12-17/h3-12H,2,13-15H2,1H3,(H,22,26). The highest BCUT2D eigenvalue weighted by Gasteiger charge is 2.17. The molecule has 3 rings (SSSR count). The van der Waals surface area contributed by atoms with Gasteiger partial charge in [-0.2, -0.15) is 0 Å². The van der Waals surface area contributed by atoms with Crippen LogP contribution in [0, 0.1) is 0 Å². The summed E-state index contributed by atoms with van der Waals surface area (Å²) in [5.74, 6) is -0.0676. The summed E-state index contributed by atoms with van der Waals surface area (Å²) in [7, 11) is 0. The molecule has 0 saturated heterocycles. The molecule has 1 N–H and O–H groups in total. The second-order valence-corrected chi connectivity index (χ2v) is 7.08. The zero-order valence-corrected chi connectivity index (χ0v) is 16.9. The summed E-state index contributed by atoms with van der Waals surface area (Å²) in [5, 5.41) is 11.8. The molecule has 0 saturated carbocycles. The van der Waals surface area contributed by atoms with Crippen LogP contribution in [-0.2, 0) is 14.3 Å². The summed E-state index contributed by atoms with van der Waals surface area (Å²) in [4.78, 5) is 23.6. The Morgan fingerprint density at radius 2 is 1.72 bits per heavy atom. The van der Waals surface area contributed by atoms with Crippen molar-refractivity contribution in [1.29, 1.82) is 0 Å². The Morgan fingerprint density at radius 3 is 2.41 bits per heavy atom. The van der Waals surface area contributed by atoms with Gasteiger partial charge < -0.3 is 10.1 Å². The summed E-state index contributed by atoms with van der Waals surface area (Å²) in [6, 6.07) is 19.4. The first-order chi connectivity index (χ1) is 14.2. The molecule has 29 heavy (non-hydrogen) atoms. The van der Waals surface area contributed by atoms with Gasteiger partial charge in [-0.1, -0.05) is 67.2 Å². The molecule has 0 radical (unpaired) electrons. The van der Waals surface area contributed by atoms with Crippen LogP contribution in [0.3, 0.4) is 0 Å². The van der Waals surface area contributed by atoms with E-state index in [4.69, 9.17) is 4.74 Å². The SMILES string of the molecule is CCCNC(=O)COC(=O)CSc1nnc(-c2ccccc2)n1-c1ccccc1. The van der Waals surface area contributed by atoms with E-state index in [0.717, 1.165) is 17.7 Å². The van der Waals surface area contributed by atoms with Gasteiger partial charge in [0.25, 0.3) is 5.91 Å². The van der Waals surface area contributed by atoms with Crippen LogP contribution in [0.5, 0.6) is 0 Å². The molecule has 0 aliphatic carbocycles. The zero-order chi connectivity index (χ0) is 20.5. The predicted molar refractivity (Wildman–Crippen MR) is 112 cm³/mol. The maximum atomic E-state index is 12.0. The number of esters is 1. The number of aromatic nitrogens is 3. The van der Waals surface area contributed by atoms with Crippen molar-refractivity contribution in [2.75, 3.05) is 18.9 Å². The summed E-state index contributed by atoms with van der Waals surface area (Å²) < 4.78 is 6.93. The van der Waals surface area contributed by atoms with E-state index in [-0.39, 0.29) is 18.3 Å². The maximum Gasteiger partial charge on any atom is 0.316 e. The fraction of sp³-hybridized carbons (Fsp3) is 0.238. The molecule has 1 aromatic heterocycles. The van der Waals surface area contributed by atoms with Gasteiger partial charge in [0, 0.05) is 17.8 Å². The molecule has 0 atom stereocenters. The first-order valence-electron chi connectivity index (χ1n) is 9.30. The van der Waals surface area contributed by atoms with E-state index in [1.165, 1.54) is 11.8 Å². The van der Waals surface area contributed by atoms with Crippen molar-refractivity contribution in [2.24, 2.45) is 0 Å². The highest BCUT2D eigenvalue weighted by Crippen LogP contribution is 2.27.